The van der Waals surface area contributed by atoms with Crippen LogP contribution < -0.4 is 9.62 Å². The average Bonchev–Trinajstić information content (AvgIpc) is 2.60. The van der Waals surface area contributed by atoms with Crippen molar-refractivity contribution in [3.8, 4) is 0 Å². The van der Waals surface area contributed by atoms with E-state index in [0.29, 0.717) is 12.3 Å². The minimum atomic E-state index is -3.58. The summed E-state index contributed by atoms with van der Waals surface area (Å²) in [6, 6.07) is 12.6. The van der Waals surface area contributed by atoms with Crippen LogP contribution in [0.4, 0.5) is 11.4 Å². The summed E-state index contributed by atoms with van der Waals surface area (Å²) in [5, 5.41) is 0. The number of rotatable bonds is 6. The number of nitrogens with one attached hydrogen (secondary N) is 1. The van der Waals surface area contributed by atoms with Crippen LogP contribution in [0.15, 0.2) is 47.4 Å². The molecule has 0 saturated heterocycles. The van der Waals surface area contributed by atoms with E-state index in [9.17, 15) is 8.42 Å². The van der Waals surface area contributed by atoms with Gasteiger partial charge in [-0.2, -0.15) is 0 Å². The molecule has 1 heterocycles. The Morgan fingerprint density at radius 1 is 1.16 bits per heavy atom. The molecule has 0 spiro atoms. The van der Waals surface area contributed by atoms with Gasteiger partial charge in [0.1, 0.15) is 0 Å². The van der Waals surface area contributed by atoms with Gasteiger partial charge < -0.3 is 9.64 Å². The fourth-order valence-electron chi connectivity index (χ4n) is 3.08. The smallest absolute Gasteiger partial charge is 0.261 e. The second-order valence-electron chi connectivity index (χ2n) is 6.35. The number of methoxy groups -OCH3 is 1. The normalized spacial score (nSPS) is 14.2. The number of sulfonamides is 1. The van der Waals surface area contributed by atoms with Gasteiger partial charge >= 0.3 is 0 Å². The van der Waals surface area contributed by atoms with Crippen molar-refractivity contribution >= 4 is 21.4 Å². The fourth-order valence-corrected chi connectivity index (χ4v) is 4.13. The van der Waals surface area contributed by atoms with E-state index < -0.39 is 10.0 Å². The molecular formula is C19H24N2O3S. The van der Waals surface area contributed by atoms with Crippen LogP contribution >= 0.6 is 0 Å². The predicted molar refractivity (Wildman–Crippen MR) is 101 cm³/mol. The molecule has 1 aliphatic heterocycles. The van der Waals surface area contributed by atoms with Crippen molar-refractivity contribution in [2.24, 2.45) is 0 Å². The minimum Gasteiger partial charge on any atom is -0.383 e. The van der Waals surface area contributed by atoms with Crippen LogP contribution in [-0.4, -0.2) is 35.2 Å². The number of fused-ring (bicyclic) bond motifs is 1. The molecule has 134 valence electrons. The van der Waals surface area contributed by atoms with Gasteiger partial charge in [0, 0.05) is 25.9 Å². The summed E-state index contributed by atoms with van der Waals surface area (Å²) in [4.78, 5) is 2.53. The van der Waals surface area contributed by atoms with Gasteiger partial charge in [0.2, 0.25) is 0 Å². The lowest BCUT2D eigenvalue weighted by Crippen LogP contribution is -2.32. The van der Waals surface area contributed by atoms with Crippen molar-refractivity contribution in [3.05, 3.63) is 53.6 Å². The zero-order valence-corrected chi connectivity index (χ0v) is 15.5. The van der Waals surface area contributed by atoms with Gasteiger partial charge in [-0.3, -0.25) is 4.72 Å². The van der Waals surface area contributed by atoms with Gasteiger partial charge in [-0.05, 0) is 49.6 Å². The highest BCUT2D eigenvalue weighted by Gasteiger charge is 2.19. The van der Waals surface area contributed by atoms with Crippen molar-refractivity contribution in [2.45, 2.75) is 24.7 Å². The lowest BCUT2D eigenvalue weighted by molar-refractivity contribution is 0.205. The number of anilines is 2. The molecule has 1 aliphatic rings. The summed E-state index contributed by atoms with van der Waals surface area (Å²) in [5.74, 6) is 0. The molecule has 0 fully saturated rings. The largest absolute Gasteiger partial charge is 0.383 e. The molecule has 25 heavy (non-hydrogen) atoms. The van der Waals surface area contributed by atoms with E-state index in [4.69, 9.17) is 4.74 Å². The standard InChI is InChI=1S/C19H24N2O3S/c1-15-5-9-18(10-6-15)25(22,23)20-17-8-7-16-4-3-11-21(12-13-24-2)19(16)14-17/h5-10,14,20H,3-4,11-13H2,1-2H3. The third-order valence-electron chi connectivity index (χ3n) is 4.45. The van der Waals surface area contributed by atoms with Crippen molar-refractivity contribution in [1.29, 1.82) is 0 Å². The van der Waals surface area contributed by atoms with Crippen LogP contribution in [0.1, 0.15) is 17.5 Å². The van der Waals surface area contributed by atoms with Crippen LogP contribution in [0.2, 0.25) is 0 Å². The van der Waals surface area contributed by atoms with Gasteiger partial charge in [0.05, 0.1) is 17.2 Å². The summed E-state index contributed by atoms with van der Waals surface area (Å²) < 4.78 is 33.1. The van der Waals surface area contributed by atoms with Crippen LogP contribution in [0.5, 0.6) is 0 Å². The molecule has 3 rings (SSSR count). The number of nitrogens with zero attached hydrogens (tertiary/aromatic N) is 1. The second-order valence-corrected chi connectivity index (χ2v) is 8.03. The van der Waals surface area contributed by atoms with E-state index in [0.717, 1.165) is 37.2 Å². The van der Waals surface area contributed by atoms with E-state index >= 15 is 0 Å². The van der Waals surface area contributed by atoms with Crippen molar-refractivity contribution < 1.29 is 13.2 Å². The van der Waals surface area contributed by atoms with Crippen molar-refractivity contribution in [3.63, 3.8) is 0 Å². The van der Waals surface area contributed by atoms with Crippen LogP contribution in [-0.2, 0) is 21.2 Å². The Bertz CT molecular complexity index is 832. The summed E-state index contributed by atoms with van der Waals surface area (Å²) in [5.41, 5.74) is 3.96. The Morgan fingerprint density at radius 3 is 2.64 bits per heavy atom. The highest BCUT2D eigenvalue weighted by Crippen LogP contribution is 2.30. The number of hydrogen-bond donors (Lipinski definition) is 1. The number of aryl methyl sites for hydroxylation is 2. The summed E-state index contributed by atoms with van der Waals surface area (Å²) in [6.07, 6.45) is 2.12. The third-order valence-corrected chi connectivity index (χ3v) is 5.85. The van der Waals surface area contributed by atoms with E-state index in [1.165, 1.54) is 5.56 Å². The first-order valence-electron chi connectivity index (χ1n) is 8.46. The zero-order chi connectivity index (χ0) is 17.9. The van der Waals surface area contributed by atoms with Gasteiger partial charge in [-0.25, -0.2) is 8.42 Å². The van der Waals surface area contributed by atoms with Gasteiger partial charge in [-0.15, -0.1) is 0 Å². The molecular weight excluding hydrogens is 336 g/mol. The van der Waals surface area contributed by atoms with Crippen molar-refractivity contribution in [1.82, 2.24) is 0 Å². The minimum absolute atomic E-state index is 0.270. The predicted octanol–water partition coefficient (Wildman–Crippen LogP) is 3.19. The number of ether oxygens (including phenoxy) is 1. The fraction of sp³-hybridized carbons (Fsp3) is 0.368. The second kappa shape index (κ2) is 7.45. The zero-order valence-electron chi connectivity index (χ0n) is 14.7. The maximum absolute atomic E-state index is 12.6. The summed E-state index contributed by atoms with van der Waals surface area (Å²) >= 11 is 0. The SMILES string of the molecule is COCCN1CCCc2ccc(NS(=O)(=O)c3ccc(C)cc3)cc21. The maximum atomic E-state index is 12.6. The third kappa shape index (κ3) is 4.14. The number of benzene rings is 2. The molecule has 0 aliphatic carbocycles. The first-order chi connectivity index (χ1) is 12.0. The van der Waals surface area contributed by atoms with Crippen LogP contribution in [0.3, 0.4) is 0 Å². The lowest BCUT2D eigenvalue weighted by Gasteiger charge is -2.31. The Labute approximate surface area is 149 Å². The highest BCUT2D eigenvalue weighted by molar-refractivity contribution is 7.92. The van der Waals surface area contributed by atoms with E-state index in [-0.39, 0.29) is 4.90 Å². The molecule has 0 radical (unpaired) electrons. The molecule has 5 nitrogen and oxygen atoms in total. The molecule has 1 N–H and O–H groups in total. The average molecular weight is 360 g/mol. The molecule has 2 aromatic carbocycles. The summed E-state index contributed by atoms with van der Waals surface area (Å²) in [6.45, 7) is 4.35. The lowest BCUT2D eigenvalue weighted by atomic mass is 10.0. The van der Waals surface area contributed by atoms with Gasteiger partial charge in [-0.1, -0.05) is 23.8 Å². The first-order valence-corrected chi connectivity index (χ1v) is 9.94. The molecule has 0 amide bonds. The quantitative estimate of drug-likeness (QED) is 0.859. The Kier molecular flexibility index (Phi) is 5.30. The van der Waals surface area contributed by atoms with Crippen LogP contribution in [0, 0.1) is 6.92 Å². The molecule has 2 aromatic rings. The molecule has 0 bridgehead atoms. The summed E-state index contributed by atoms with van der Waals surface area (Å²) in [7, 11) is -1.89. The molecule has 0 atom stereocenters. The first kappa shape index (κ1) is 17.8. The molecule has 0 unspecified atom stereocenters. The molecule has 6 heteroatoms. The van der Waals surface area contributed by atoms with Gasteiger partial charge in [0.25, 0.3) is 10.0 Å². The Hall–Kier alpha value is -2.05. The van der Waals surface area contributed by atoms with Crippen molar-refractivity contribution in [2.75, 3.05) is 36.4 Å². The molecule has 0 saturated carbocycles. The Morgan fingerprint density at radius 2 is 1.92 bits per heavy atom. The number of hydrogen-bond acceptors (Lipinski definition) is 4. The van der Waals surface area contributed by atoms with E-state index in [2.05, 4.69) is 9.62 Å². The monoisotopic (exact) mass is 360 g/mol. The maximum Gasteiger partial charge on any atom is 0.261 e. The Balaban J connectivity index is 1.85. The van der Waals surface area contributed by atoms with E-state index in [1.807, 2.05) is 25.1 Å². The van der Waals surface area contributed by atoms with Gasteiger partial charge in [0.15, 0.2) is 0 Å². The highest BCUT2D eigenvalue weighted by atomic mass is 32.2. The van der Waals surface area contributed by atoms with Crippen LogP contribution in [0.25, 0.3) is 0 Å². The molecule has 0 aromatic heterocycles. The topological polar surface area (TPSA) is 58.6 Å². The van der Waals surface area contributed by atoms with E-state index in [1.54, 1.807) is 31.4 Å².